The summed E-state index contributed by atoms with van der Waals surface area (Å²) in [5, 5.41) is 0. The van der Waals surface area contributed by atoms with E-state index in [9.17, 15) is 9.59 Å². The molecule has 3 aromatic rings. The predicted octanol–water partition coefficient (Wildman–Crippen LogP) is 4.17. The fraction of sp³-hybridized carbons (Fsp3) is 0.167. The van der Waals surface area contributed by atoms with Crippen molar-refractivity contribution in [3.63, 3.8) is 0 Å². The number of nitrogens with zero attached hydrogens (tertiary/aromatic N) is 1. The number of benzene rings is 3. The van der Waals surface area contributed by atoms with Gasteiger partial charge in [0.25, 0.3) is 0 Å². The van der Waals surface area contributed by atoms with Crippen molar-refractivity contribution < 1.29 is 9.59 Å². The molecule has 1 aliphatic rings. The molecule has 134 valence electrons. The van der Waals surface area contributed by atoms with Crippen LogP contribution in [0.1, 0.15) is 29.5 Å². The zero-order valence-corrected chi connectivity index (χ0v) is 15.0. The lowest BCUT2D eigenvalue weighted by Crippen LogP contribution is -2.52. The Bertz CT molecular complexity index is 826. The van der Waals surface area contributed by atoms with Crippen molar-refractivity contribution in [2.45, 2.75) is 24.4 Å². The monoisotopic (exact) mass is 355 g/mol. The van der Waals surface area contributed by atoms with Crippen LogP contribution in [0, 0.1) is 0 Å². The first-order valence-corrected chi connectivity index (χ1v) is 9.22. The second kappa shape index (κ2) is 7.20. The average Bonchev–Trinajstić information content (AvgIpc) is 3.12. The van der Waals surface area contributed by atoms with Crippen LogP contribution in [0.2, 0.25) is 0 Å². The van der Waals surface area contributed by atoms with Crippen molar-refractivity contribution in [3.05, 3.63) is 108 Å². The van der Waals surface area contributed by atoms with Gasteiger partial charge in [0.05, 0.1) is 6.04 Å². The molecule has 0 N–H and O–H groups in total. The Morgan fingerprint density at radius 3 is 1.52 bits per heavy atom. The third-order valence-corrected chi connectivity index (χ3v) is 5.35. The molecule has 0 unspecified atom stereocenters. The normalized spacial score (nSPS) is 17.1. The second-order valence-electron chi connectivity index (χ2n) is 6.81. The molecule has 0 radical (unpaired) electrons. The molecule has 1 atom stereocenters. The highest BCUT2D eigenvalue weighted by Gasteiger charge is 2.49. The Kier molecular flexibility index (Phi) is 4.59. The lowest BCUT2D eigenvalue weighted by Gasteiger charge is -2.45. The van der Waals surface area contributed by atoms with E-state index in [2.05, 4.69) is 0 Å². The van der Waals surface area contributed by atoms with Crippen molar-refractivity contribution in [1.29, 1.82) is 0 Å². The number of likely N-dealkylation sites (tertiary alicyclic amines) is 1. The van der Waals surface area contributed by atoms with E-state index in [0.29, 0.717) is 12.8 Å². The van der Waals surface area contributed by atoms with E-state index in [-0.39, 0.29) is 5.91 Å². The first kappa shape index (κ1) is 17.2. The Morgan fingerprint density at radius 2 is 1.15 bits per heavy atom. The molecular weight excluding hydrogens is 334 g/mol. The topological polar surface area (TPSA) is 37.4 Å². The van der Waals surface area contributed by atoms with Gasteiger partial charge in [-0.2, -0.15) is 0 Å². The number of carbonyl (C=O) groups excluding carboxylic acids is 2. The van der Waals surface area contributed by atoms with Crippen LogP contribution in [0.4, 0.5) is 0 Å². The Hall–Kier alpha value is -3.20. The molecule has 3 aromatic carbocycles. The number of rotatable bonds is 5. The lowest BCUT2D eigenvalue weighted by molar-refractivity contribution is -0.135. The van der Waals surface area contributed by atoms with E-state index >= 15 is 0 Å². The summed E-state index contributed by atoms with van der Waals surface area (Å²) in [5.41, 5.74) is 2.08. The molecule has 0 spiro atoms. The second-order valence-corrected chi connectivity index (χ2v) is 6.81. The van der Waals surface area contributed by atoms with Crippen LogP contribution in [0.3, 0.4) is 0 Å². The molecule has 27 heavy (non-hydrogen) atoms. The van der Waals surface area contributed by atoms with Gasteiger partial charge in [-0.05, 0) is 23.1 Å². The van der Waals surface area contributed by atoms with Gasteiger partial charge in [-0.3, -0.25) is 4.79 Å². The fourth-order valence-electron chi connectivity index (χ4n) is 4.23. The van der Waals surface area contributed by atoms with Crippen molar-refractivity contribution in [1.82, 2.24) is 4.90 Å². The lowest BCUT2D eigenvalue weighted by atomic mass is 9.75. The standard InChI is InChI=1S/C24H21NO2/c26-18-22-16-17-23(27)25(22)24(19-10-4-1-5-11-19,20-12-6-2-7-13-20)21-14-8-3-9-15-21/h1-15,18,22H,16-17H2/t22-/m0/s1. The highest BCUT2D eigenvalue weighted by atomic mass is 16.2. The molecule has 0 aromatic heterocycles. The Labute approximate surface area is 159 Å². The van der Waals surface area contributed by atoms with Crippen LogP contribution in [0.15, 0.2) is 91.0 Å². The van der Waals surface area contributed by atoms with Gasteiger partial charge in [0.15, 0.2) is 0 Å². The summed E-state index contributed by atoms with van der Waals surface area (Å²) in [7, 11) is 0. The van der Waals surface area contributed by atoms with Crippen molar-refractivity contribution >= 4 is 12.2 Å². The van der Waals surface area contributed by atoms with E-state index in [1.165, 1.54) is 0 Å². The quantitative estimate of drug-likeness (QED) is 0.509. The van der Waals surface area contributed by atoms with E-state index in [0.717, 1.165) is 23.0 Å². The number of carbonyl (C=O) groups is 2. The third-order valence-electron chi connectivity index (χ3n) is 5.35. The summed E-state index contributed by atoms with van der Waals surface area (Å²) < 4.78 is 0. The van der Waals surface area contributed by atoms with E-state index in [4.69, 9.17) is 0 Å². The maximum absolute atomic E-state index is 13.1. The van der Waals surface area contributed by atoms with Crippen LogP contribution in [0.5, 0.6) is 0 Å². The van der Waals surface area contributed by atoms with Gasteiger partial charge in [0.2, 0.25) is 5.91 Å². The van der Waals surface area contributed by atoms with Gasteiger partial charge in [-0.15, -0.1) is 0 Å². The molecule has 1 aliphatic heterocycles. The van der Waals surface area contributed by atoms with Crippen LogP contribution in [-0.2, 0) is 15.1 Å². The predicted molar refractivity (Wildman–Crippen MR) is 105 cm³/mol. The molecule has 3 nitrogen and oxygen atoms in total. The van der Waals surface area contributed by atoms with Gasteiger partial charge < -0.3 is 9.69 Å². The molecule has 4 rings (SSSR count). The first-order valence-electron chi connectivity index (χ1n) is 9.22. The zero-order valence-electron chi connectivity index (χ0n) is 15.0. The van der Waals surface area contributed by atoms with Gasteiger partial charge in [0, 0.05) is 6.42 Å². The van der Waals surface area contributed by atoms with Crippen LogP contribution in [-0.4, -0.2) is 23.1 Å². The average molecular weight is 355 g/mol. The minimum atomic E-state index is -0.844. The molecular formula is C24H21NO2. The summed E-state index contributed by atoms with van der Waals surface area (Å²) in [6, 6.07) is 29.5. The molecule has 0 saturated carbocycles. The molecule has 1 fully saturated rings. The van der Waals surface area contributed by atoms with Crippen molar-refractivity contribution in [2.24, 2.45) is 0 Å². The van der Waals surface area contributed by atoms with E-state index in [1.54, 1.807) is 4.90 Å². The molecule has 1 saturated heterocycles. The van der Waals surface area contributed by atoms with Gasteiger partial charge in [-0.1, -0.05) is 91.0 Å². The molecule has 0 aliphatic carbocycles. The fourth-order valence-corrected chi connectivity index (χ4v) is 4.23. The summed E-state index contributed by atoms with van der Waals surface area (Å²) in [6.07, 6.45) is 1.85. The first-order chi connectivity index (χ1) is 13.3. The molecule has 1 heterocycles. The Balaban J connectivity index is 2.10. The zero-order chi connectivity index (χ0) is 18.7. The maximum atomic E-state index is 13.1. The summed E-state index contributed by atoms with van der Waals surface area (Å²) in [4.78, 5) is 26.8. The van der Waals surface area contributed by atoms with Crippen LogP contribution in [0.25, 0.3) is 0 Å². The number of aldehydes is 1. The summed E-state index contributed by atoms with van der Waals surface area (Å²) >= 11 is 0. The molecule has 1 amide bonds. The highest BCUT2D eigenvalue weighted by Crippen LogP contribution is 2.45. The highest BCUT2D eigenvalue weighted by molar-refractivity contribution is 5.86. The molecule has 0 bridgehead atoms. The Morgan fingerprint density at radius 1 is 0.741 bits per heavy atom. The summed E-state index contributed by atoms with van der Waals surface area (Å²) in [5.74, 6) is 0.00339. The van der Waals surface area contributed by atoms with Crippen molar-refractivity contribution in [3.8, 4) is 0 Å². The van der Waals surface area contributed by atoms with Gasteiger partial charge in [-0.25, -0.2) is 0 Å². The van der Waals surface area contributed by atoms with Gasteiger partial charge in [0.1, 0.15) is 11.8 Å². The smallest absolute Gasteiger partial charge is 0.224 e. The minimum absolute atomic E-state index is 0.00339. The van der Waals surface area contributed by atoms with Crippen LogP contribution < -0.4 is 0 Å². The summed E-state index contributed by atoms with van der Waals surface area (Å²) in [6.45, 7) is 0. The largest absolute Gasteiger partial charge is 0.315 e. The number of hydrogen-bond acceptors (Lipinski definition) is 2. The molecule has 3 heteroatoms. The number of hydrogen-bond donors (Lipinski definition) is 0. The van der Waals surface area contributed by atoms with Gasteiger partial charge >= 0.3 is 0 Å². The van der Waals surface area contributed by atoms with Crippen molar-refractivity contribution in [2.75, 3.05) is 0 Å². The SMILES string of the molecule is O=C[C@@H]1CCC(=O)N1C(c1ccccc1)(c1ccccc1)c1ccccc1. The number of amides is 1. The van der Waals surface area contributed by atoms with E-state index < -0.39 is 11.6 Å². The third kappa shape index (κ3) is 2.76. The minimum Gasteiger partial charge on any atom is -0.315 e. The maximum Gasteiger partial charge on any atom is 0.224 e. The van der Waals surface area contributed by atoms with E-state index in [1.807, 2.05) is 91.0 Å². The van der Waals surface area contributed by atoms with Crippen LogP contribution >= 0.6 is 0 Å².